The Balaban J connectivity index is 0.00000342. The van der Waals surface area contributed by atoms with E-state index in [9.17, 15) is 13.2 Å². The molecule has 0 fully saturated rings. The summed E-state index contributed by atoms with van der Waals surface area (Å²) < 4.78 is 53.5. The number of hydrogen-bond donors (Lipinski definition) is 3. The lowest BCUT2D eigenvalue weighted by molar-refractivity contribution is -0.0972. The highest BCUT2D eigenvalue weighted by Crippen LogP contribution is 2.35. The second-order valence-electron chi connectivity index (χ2n) is 7.62. The number of methoxy groups -OCH3 is 1. The third-order valence-electron chi connectivity index (χ3n) is 5.40. The first-order valence-corrected chi connectivity index (χ1v) is 10.6. The molecule has 1 aromatic carbocycles. The number of fused-ring (bicyclic) bond motifs is 1. The predicted octanol–water partition coefficient (Wildman–Crippen LogP) is 3.67. The Hall–Kier alpha value is -3.57. The zero-order valence-corrected chi connectivity index (χ0v) is 18.9. The summed E-state index contributed by atoms with van der Waals surface area (Å²) in [7, 11) is 3.00. The Bertz CT molecular complexity index is 1270. The number of rotatable bonds is 7. The molecule has 188 valence electrons. The van der Waals surface area contributed by atoms with Gasteiger partial charge in [0.25, 0.3) is 0 Å². The highest BCUT2D eigenvalue weighted by molar-refractivity contribution is 5.77. The zero-order valence-electron chi connectivity index (χ0n) is 18.9. The van der Waals surface area contributed by atoms with E-state index in [1.54, 1.807) is 35.7 Å². The summed E-state index contributed by atoms with van der Waals surface area (Å²) in [6.07, 6.45) is -2.89. The minimum atomic E-state index is -4.50. The topological polar surface area (TPSA) is 98.7 Å². The molecule has 0 aliphatic carbocycles. The van der Waals surface area contributed by atoms with Crippen LogP contribution in [0.15, 0.2) is 48.2 Å². The van der Waals surface area contributed by atoms with Crippen molar-refractivity contribution in [3.8, 4) is 22.8 Å². The Kier molecular flexibility index (Phi) is 7.71. The molecule has 3 aromatic rings. The van der Waals surface area contributed by atoms with Crippen LogP contribution in [0.4, 0.5) is 13.2 Å². The summed E-state index contributed by atoms with van der Waals surface area (Å²) in [6.45, 7) is 2.46. The van der Waals surface area contributed by atoms with Gasteiger partial charge >= 0.3 is 6.18 Å². The Morgan fingerprint density at radius 3 is 2.63 bits per heavy atom. The molecule has 2 aromatic heterocycles. The fourth-order valence-corrected chi connectivity index (χ4v) is 3.82. The van der Waals surface area contributed by atoms with E-state index >= 15 is 0 Å². The smallest absolute Gasteiger partial charge is 0.415 e. The summed E-state index contributed by atoms with van der Waals surface area (Å²) >= 11 is 0. The lowest BCUT2D eigenvalue weighted by atomic mass is 10.0. The van der Waals surface area contributed by atoms with Crippen molar-refractivity contribution in [1.82, 2.24) is 25.2 Å². The molecule has 1 aliphatic heterocycles. The van der Waals surface area contributed by atoms with Gasteiger partial charge in [-0.25, -0.2) is 9.50 Å². The SMILES string of the molecule is C.CNC1NC=C(c2c(C)nc3ccc(-c4ccc(OCCN)c(OC)c4)nn23)C=C1C(F)(F)F. The number of nitrogens with one attached hydrogen (secondary N) is 2. The van der Waals surface area contributed by atoms with E-state index in [1.165, 1.54) is 20.4 Å². The van der Waals surface area contributed by atoms with E-state index in [2.05, 4.69) is 20.7 Å². The molecule has 3 heterocycles. The molecule has 0 radical (unpaired) electrons. The van der Waals surface area contributed by atoms with Crippen molar-refractivity contribution in [3.63, 3.8) is 0 Å². The van der Waals surface area contributed by atoms with Gasteiger partial charge in [-0.15, -0.1) is 0 Å². The Morgan fingerprint density at radius 1 is 1.20 bits per heavy atom. The monoisotopic (exact) mass is 490 g/mol. The van der Waals surface area contributed by atoms with Gasteiger partial charge in [0.2, 0.25) is 0 Å². The molecule has 4 rings (SSSR count). The van der Waals surface area contributed by atoms with Gasteiger partial charge in [0, 0.05) is 23.9 Å². The number of likely N-dealkylation sites (N-methyl/N-ethyl adjacent to an activating group) is 1. The third-order valence-corrected chi connectivity index (χ3v) is 5.40. The molecule has 0 bridgehead atoms. The number of allylic oxidation sites excluding steroid dienone is 2. The number of ether oxygens (including phenoxy) is 2. The van der Waals surface area contributed by atoms with Gasteiger partial charge in [0.15, 0.2) is 17.1 Å². The number of hydrogen-bond acceptors (Lipinski definition) is 7. The van der Waals surface area contributed by atoms with E-state index in [1.807, 2.05) is 6.07 Å². The normalized spacial score (nSPS) is 15.7. The number of halogens is 3. The molecule has 1 aliphatic rings. The summed E-state index contributed by atoms with van der Waals surface area (Å²) in [5.74, 6) is 1.07. The van der Waals surface area contributed by atoms with Crippen molar-refractivity contribution < 1.29 is 22.6 Å². The van der Waals surface area contributed by atoms with E-state index in [-0.39, 0.29) is 7.43 Å². The maximum Gasteiger partial charge on any atom is 0.415 e. The molecule has 0 amide bonds. The highest BCUT2D eigenvalue weighted by Gasteiger charge is 2.40. The van der Waals surface area contributed by atoms with Gasteiger partial charge in [-0.2, -0.15) is 18.3 Å². The van der Waals surface area contributed by atoms with Crippen LogP contribution in [0, 0.1) is 6.92 Å². The summed E-state index contributed by atoms with van der Waals surface area (Å²) in [5, 5.41) is 10.1. The van der Waals surface area contributed by atoms with Crippen LogP contribution in [0.25, 0.3) is 22.5 Å². The van der Waals surface area contributed by atoms with Crippen LogP contribution in [0.3, 0.4) is 0 Å². The van der Waals surface area contributed by atoms with Crippen LogP contribution >= 0.6 is 0 Å². The second-order valence-corrected chi connectivity index (χ2v) is 7.62. The standard InChI is InChI=1S/C23H25F3N6O2.CH4/c1-13-21(15-10-16(23(24,25)26)22(28-2)29-12-15)32-20(30-13)7-5-17(31-32)14-4-6-18(34-9-8-27)19(11-14)33-3;/h4-7,10-12,22,28-29H,8-9,27H2,1-3H3;1H4. The van der Waals surface area contributed by atoms with Crippen molar-refractivity contribution in [2.75, 3.05) is 27.3 Å². The number of alkyl halides is 3. The number of aromatic nitrogens is 3. The van der Waals surface area contributed by atoms with Crippen LogP contribution in [0.5, 0.6) is 11.5 Å². The first-order valence-electron chi connectivity index (χ1n) is 10.6. The number of imidazole rings is 1. The van der Waals surface area contributed by atoms with Crippen LogP contribution in [0.2, 0.25) is 0 Å². The average molecular weight is 491 g/mol. The van der Waals surface area contributed by atoms with Gasteiger partial charge in [-0.1, -0.05) is 7.43 Å². The van der Waals surface area contributed by atoms with Gasteiger partial charge in [-0.3, -0.25) is 5.32 Å². The fourth-order valence-electron chi connectivity index (χ4n) is 3.82. The fraction of sp³-hybridized carbons (Fsp3) is 0.333. The number of dihydropyridines is 1. The first kappa shape index (κ1) is 26.0. The van der Waals surface area contributed by atoms with Gasteiger partial charge < -0.3 is 20.5 Å². The largest absolute Gasteiger partial charge is 0.493 e. The van der Waals surface area contributed by atoms with Crippen LogP contribution in [0.1, 0.15) is 18.8 Å². The predicted molar refractivity (Wildman–Crippen MR) is 129 cm³/mol. The molecule has 1 atom stereocenters. The molecule has 0 spiro atoms. The lowest BCUT2D eigenvalue weighted by Gasteiger charge is -2.26. The van der Waals surface area contributed by atoms with Crippen LogP contribution in [-0.2, 0) is 0 Å². The van der Waals surface area contributed by atoms with Gasteiger partial charge in [0.1, 0.15) is 12.8 Å². The summed E-state index contributed by atoms with van der Waals surface area (Å²) in [5.41, 5.74) is 7.99. The first-order chi connectivity index (χ1) is 16.3. The maximum absolute atomic E-state index is 13.6. The van der Waals surface area contributed by atoms with E-state index in [4.69, 9.17) is 15.2 Å². The van der Waals surface area contributed by atoms with Crippen LogP contribution in [-0.4, -0.2) is 54.2 Å². The Labute approximate surface area is 201 Å². The molecule has 0 saturated heterocycles. The molecule has 11 heteroatoms. The second kappa shape index (κ2) is 10.4. The van der Waals surface area contributed by atoms with Crippen molar-refractivity contribution in [1.29, 1.82) is 0 Å². The molecular weight excluding hydrogens is 461 g/mol. The molecule has 8 nitrogen and oxygen atoms in total. The van der Waals surface area contributed by atoms with Crippen molar-refractivity contribution >= 4 is 11.2 Å². The lowest BCUT2D eigenvalue weighted by Crippen LogP contribution is -2.45. The maximum atomic E-state index is 13.6. The molecule has 1 unspecified atom stereocenters. The average Bonchev–Trinajstić information content (AvgIpc) is 3.16. The third kappa shape index (κ3) is 5.10. The van der Waals surface area contributed by atoms with Crippen LogP contribution < -0.4 is 25.8 Å². The quantitative estimate of drug-likeness (QED) is 0.465. The Morgan fingerprint density at radius 2 is 1.97 bits per heavy atom. The van der Waals surface area contributed by atoms with Crippen molar-refractivity contribution in [2.45, 2.75) is 26.7 Å². The summed E-state index contributed by atoms with van der Waals surface area (Å²) in [4.78, 5) is 4.48. The zero-order chi connectivity index (χ0) is 24.5. The van der Waals surface area contributed by atoms with E-state index in [0.29, 0.717) is 53.0 Å². The van der Waals surface area contributed by atoms with Gasteiger partial charge in [0.05, 0.1) is 29.8 Å². The number of nitrogens with zero attached hydrogens (tertiary/aromatic N) is 3. The molecule has 35 heavy (non-hydrogen) atoms. The summed E-state index contributed by atoms with van der Waals surface area (Å²) in [6, 6.07) is 8.93. The van der Waals surface area contributed by atoms with Crippen molar-refractivity contribution in [3.05, 3.63) is 59.6 Å². The number of aryl methyl sites for hydroxylation is 1. The van der Waals surface area contributed by atoms with E-state index < -0.39 is 17.9 Å². The molecule has 4 N–H and O–H groups in total. The molecular formula is C24H29F3N6O2. The van der Waals surface area contributed by atoms with E-state index in [0.717, 1.165) is 11.6 Å². The minimum Gasteiger partial charge on any atom is -0.493 e. The van der Waals surface area contributed by atoms with Crippen molar-refractivity contribution in [2.24, 2.45) is 5.73 Å². The van der Waals surface area contributed by atoms with Gasteiger partial charge in [-0.05, 0) is 50.4 Å². The number of benzene rings is 1. The number of nitrogens with two attached hydrogens (primary N) is 1. The molecule has 0 saturated carbocycles. The highest BCUT2D eigenvalue weighted by atomic mass is 19.4. The minimum absolute atomic E-state index is 0.